The van der Waals surface area contributed by atoms with E-state index in [2.05, 4.69) is 5.32 Å². The van der Waals surface area contributed by atoms with Crippen molar-refractivity contribution >= 4 is 56.0 Å². The topological polar surface area (TPSA) is 83.6 Å². The van der Waals surface area contributed by atoms with Crippen LogP contribution in [0, 0.1) is 5.82 Å². The maximum atomic E-state index is 13.3. The maximum absolute atomic E-state index is 13.3. The van der Waals surface area contributed by atoms with Gasteiger partial charge in [-0.25, -0.2) is 12.8 Å². The highest BCUT2D eigenvalue weighted by Crippen LogP contribution is 2.32. The molecule has 2 aliphatic rings. The van der Waals surface area contributed by atoms with Crippen LogP contribution in [0.25, 0.3) is 6.08 Å². The minimum absolute atomic E-state index is 0.0156. The Kier molecular flexibility index (Phi) is 6.51. The number of hydrogen-bond donors (Lipinski definition) is 1. The number of nitrogens with one attached hydrogen (secondary N) is 1. The van der Waals surface area contributed by atoms with Crippen LogP contribution in [0.2, 0.25) is 0 Å². The van der Waals surface area contributed by atoms with E-state index >= 15 is 0 Å². The van der Waals surface area contributed by atoms with Gasteiger partial charge in [0.1, 0.15) is 10.1 Å². The average molecular weight is 443 g/mol. The van der Waals surface area contributed by atoms with E-state index in [1.54, 1.807) is 18.2 Å². The number of carbonyl (C=O) groups is 2. The van der Waals surface area contributed by atoms with E-state index in [9.17, 15) is 22.4 Å². The first-order valence-corrected chi connectivity index (χ1v) is 11.8. The lowest BCUT2D eigenvalue weighted by Crippen LogP contribution is -2.36. The van der Waals surface area contributed by atoms with E-state index in [1.807, 2.05) is 0 Å². The van der Waals surface area contributed by atoms with Gasteiger partial charge in [-0.3, -0.25) is 14.5 Å². The molecule has 2 heterocycles. The first-order chi connectivity index (χ1) is 13.2. The summed E-state index contributed by atoms with van der Waals surface area (Å²) >= 11 is 6.39. The molecule has 6 nitrogen and oxygen atoms in total. The molecule has 0 saturated carbocycles. The Balaban J connectivity index is 1.50. The number of carbonyl (C=O) groups excluding carboxylic acids is 2. The van der Waals surface area contributed by atoms with E-state index in [0.717, 1.165) is 11.8 Å². The van der Waals surface area contributed by atoms with E-state index in [1.165, 1.54) is 17.0 Å². The molecule has 0 aliphatic carbocycles. The van der Waals surface area contributed by atoms with Crippen LogP contribution < -0.4 is 5.32 Å². The zero-order valence-corrected chi connectivity index (χ0v) is 17.3. The second kappa shape index (κ2) is 8.71. The van der Waals surface area contributed by atoms with Crippen LogP contribution in [0.4, 0.5) is 4.39 Å². The summed E-state index contributed by atoms with van der Waals surface area (Å²) in [4.78, 5) is 26.4. The second-order valence-corrected chi connectivity index (χ2v) is 10.6. The predicted octanol–water partition coefficient (Wildman–Crippen LogP) is 2.11. The third kappa shape index (κ3) is 5.39. The van der Waals surface area contributed by atoms with Crippen molar-refractivity contribution in [2.24, 2.45) is 0 Å². The second-order valence-electron chi connectivity index (χ2n) is 6.66. The number of hydrogen-bond acceptors (Lipinski definition) is 6. The van der Waals surface area contributed by atoms with Crippen molar-refractivity contribution in [3.8, 4) is 0 Å². The highest BCUT2D eigenvalue weighted by molar-refractivity contribution is 8.26. The van der Waals surface area contributed by atoms with Crippen molar-refractivity contribution in [2.45, 2.75) is 25.3 Å². The summed E-state index contributed by atoms with van der Waals surface area (Å²) in [5.74, 6) is -0.792. The van der Waals surface area contributed by atoms with Gasteiger partial charge in [-0.15, -0.1) is 0 Å². The number of benzene rings is 1. The monoisotopic (exact) mass is 442 g/mol. The average Bonchev–Trinajstić information content (AvgIpc) is 3.08. The van der Waals surface area contributed by atoms with Crippen molar-refractivity contribution < 1.29 is 22.4 Å². The lowest BCUT2D eigenvalue weighted by Gasteiger charge is -2.15. The molecule has 2 saturated heterocycles. The van der Waals surface area contributed by atoms with E-state index in [-0.39, 0.29) is 41.6 Å². The number of rotatable bonds is 6. The Hall–Kier alpha value is -1.78. The zero-order chi connectivity index (χ0) is 20.3. The molecule has 3 rings (SSSR count). The summed E-state index contributed by atoms with van der Waals surface area (Å²) in [6.45, 7) is 0.293. The minimum Gasteiger partial charge on any atom is -0.352 e. The number of thiocarbonyl (C=S) groups is 1. The Morgan fingerprint density at radius 3 is 2.89 bits per heavy atom. The van der Waals surface area contributed by atoms with Gasteiger partial charge in [-0.1, -0.05) is 36.1 Å². The number of sulfone groups is 1. The molecule has 1 atom stereocenters. The number of thioether (sulfide) groups is 1. The maximum Gasteiger partial charge on any atom is 0.266 e. The van der Waals surface area contributed by atoms with Crippen LogP contribution in [0.15, 0.2) is 29.2 Å². The molecule has 2 fully saturated rings. The summed E-state index contributed by atoms with van der Waals surface area (Å²) in [5.41, 5.74) is 0.575. The third-order valence-electron chi connectivity index (χ3n) is 4.40. The first kappa shape index (κ1) is 20.9. The van der Waals surface area contributed by atoms with Crippen molar-refractivity contribution in [2.75, 3.05) is 18.1 Å². The molecule has 0 aromatic heterocycles. The zero-order valence-electron chi connectivity index (χ0n) is 14.9. The van der Waals surface area contributed by atoms with Crippen molar-refractivity contribution in [3.05, 3.63) is 40.6 Å². The van der Waals surface area contributed by atoms with Crippen LogP contribution in [0.1, 0.15) is 24.8 Å². The van der Waals surface area contributed by atoms with Crippen LogP contribution in [-0.2, 0) is 19.4 Å². The standard InChI is InChI=1S/C18H19FN2O4S3/c19-13-4-1-3-12(9-13)10-15-17(23)21(18(26)27-15)7-2-5-16(22)20-14-6-8-28(24,25)11-14/h1,3-4,9-10,14H,2,5-8,11H2,(H,20,22)/b15-10-/t14-/m1/s1. The fraction of sp³-hybridized carbons (Fsp3) is 0.389. The molecule has 150 valence electrons. The quantitative estimate of drug-likeness (QED) is 0.537. The number of nitrogens with zero attached hydrogens (tertiary/aromatic N) is 1. The molecule has 1 aromatic carbocycles. The number of amides is 2. The molecule has 2 aliphatic heterocycles. The molecule has 1 aromatic rings. The molecule has 28 heavy (non-hydrogen) atoms. The molecule has 0 radical (unpaired) electrons. The van der Waals surface area contributed by atoms with Gasteiger partial charge in [0.05, 0.1) is 16.4 Å². The van der Waals surface area contributed by atoms with Gasteiger partial charge < -0.3 is 5.32 Å². The summed E-state index contributed by atoms with van der Waals surface area (Å²) in [5, 5.41) is 2.72. The van der Waals surface area contributed by atoms with Crippen LogP contribution in [-0.4, -0.2) is 53.5 Å². The van der Waals surface area contributed by atoms with Crippen molar-refractivity contribution in [1.82, 2.24) is 10.2 Å². The first-order valence-electron chi connectivity index (χ1n) is 8.74. The van der Waals surface area contributed by atoms with Crippen LogP contribution in [0.5, 0.6) is 0 Å². The Labute approximate surface area is 172 Å². The van der Waals surface area contributed by atoms with E-state index in [4.69, 9.17) is 12.2 Å². The fourth-order valence-corrected chi connectivity index (χ4v) is 6.03. The normalized spacial score (nSPS) is 22.8. The largest absolute Gasteiger partial charge is 0.352 e. The minimum atomic E-state index is -3.04. The summed E-state index contributed by atoms with van der Waals surface area (Å²) in [6, 6.07) is 5.59. The van der Waals surface area contributed by atoms with E-state index < -0.39 is 9.84 Å². The van der Waals surface area contributed by atoms with Gasteiger partial charge in [0.25, 0.3) is 5.91 Å². The van der Waals surface area contributed by atoms with Gasteiger partial charge >= 0.3 is 0 Å². The summed E-state index contributed by atoms with van der Waals surface area (Å²) in [6.07, 6.45) is 2.62. The van der Waals surface area contributed by atoms with Gasteiger partial charge in [0.2, 0.25) is 5.91 Å². The molecular weight excluding hydrogens is 423 g/mol. The fourth-order valence-electron chi connectivity index (χ4n) is 3.05. The van der Waals surface area contributed by atoms with E-state index in [0.29, 0.717) is 34.2 Å². The van der Waals surface area contributed by atoms with Crippen LogP contribution >= 0.6 is 24.0 Å². The molecular formula is C18H19FN2O4S3. The van der Waals surface area contributed by atoms with Gasteiger partial charge in [0, 0.05) is 19.0 Å². The molecule has 0 spiro atoms. The van der Waals surface area contributed by atoms with Crippen molar-refractivity contribution in [3.63, 3.8) is 0 Å². The van der Waals surface area contributed by atoms with Gasteiger partial charge in [-0.05, 0) is 36.6 Å². The SMILES string of the molecule is O=C(CCCN1C(=O)/C(=C/c2cccc(F)c2)SC1=S)N[C@@H]1CCS(=O)(=O)C1. The lowest BCUT2D eigenvalue weighted by atomic mass is 10.2. The Bertz CT molecular complexity index is 946. The Morgan fingerprint density at radius 2 is 2.21 bits per heavy atom. The molecule has 1 N–H and O–H groups in total. The van der Waals surface area contributed by atoms with Crippen molar-refractivity contribution in [1.29, 1.82) is 0 Å². The molecule has 0 unspecified atom stereocenters. The molecule has 0 bridgehead atoms. The summed E-state index contributed by atoms with van der Waals surface area (Å²) in [7, 11) is -3.04. The molecule has 2 amide bonds. The Morgan fingerprint density at radius 1 is 1.43 bits per heavy atom. The van der Waals surface area contributed by atoms with Gasteiger partial charge in [0.15, 0.2) is 9.84 Å². The predicted molar refractivity (Wildman–Crippen MR) is 111 cm³/mol. The molecule has 10 heteroatoms. The van der Waals surface area contributed by atoms with Crippen LogP contribution in [0.3, 0.4) is 0 Å². The summed E-state index contributed by atoms with van der Waals surface area (Å²) < 4.78 is 36.5. The highest BCUT2D eigenvalue weighted by Gasteiger charge is 2.32. The number of halogens is 1. The lowest BCUT2D eigenvalue weighted by molar-refractivity contribution is -0.124. The third-order valence-corrected chi connectivity index (χ3v) is 7.55. The van der Waals surface area contributed by atoms with Gasteiger partial charge in [-0.2, -0.15) is 0 Å². The highest BCUT2D eigenvalue weighted by atomic mass is 32.2. The smallest absolute Gasteiger partial charge is 0.266 e.